The molecule has 178 valence electrons. The minimum Gasteiger partial charge on any atom is -0.493 e. The summed E-state index contributed by atoms with van der Waals surface area (Å²) in [5.41, 5.74) is 2.33. The Balaban J connectivity index is 1.68. The van der Waals surface area contributed by atoms with Gasteiger partial charge in [0.2, 0.25) is 0 Å². The van der Waals surface area contributed by atoms with Crippen molar-refractivity contribution in [2.45, 2.75) is 31.5 Å². The van der Waals surface area contributed by atoms with E-state index in [4.69, 9.17) is 9.47 Å². The fraction of sp³-hybridized carbons (Fsp3) is 0.364. The number of methoxy groups -OCH3 is 2. The Bertz CT molecular complexity index is 1020. The Kier molecular flexibility index (Phi) is 7.09. The monoisotopic (exact) mass is 471 g/mol. The van der Waals surface area contributed by atoms with E-state index >= 15 is 0 Å². The van der Waals surface area contributed by atoms with Crippen LogP contribution < -0.4 is 14.8 Å². The van der Waals surface area contributed by atoms with Gasteiger partial charge in [0.15, 0.2) is 11.5 Å². The number of hydrazone groups is 1. The van der Waals surface area contributed by atoms with E-state index in [0.717, 1.165) is 29.7 Å². The number of alkyl halides is 5. The number of amides is 1. The van der Waals surface area contributed by atoms with E-state index in [9.17, 15) is 26.7 Å². The summed E-state index contributed by atoms with van der Waals surface area (Å²) in [6.45, 7) is 1.08. The second kappa shape index (κ2) is 9.63. The lowest BCUT2D eigenvalue weighted by Gasteiger charge is -2.26. The number of nitrogens with one attached hydrogen (secondary N) is 1. The van der Waals surface area contributed by atoms with E-state index in [2.05, 4.69) is 5.10 Å². The second-order valence-corrected chi connectivity index (χ2v) is 7.33. The maximum atomic E-state index is 13.1. The van der Waals surface area contributed by atoms with Gasteiger partial charge in [-0.3, -0.25) is 9.80 Å². The fourth-order valence-corrected chi connectivity index (χ4v) is 3.27. The first-order valence-electron chi connectivity index (χ1n) is 9.95. The van der Waals surface area contributed by atoms with Crippen LogP contribution in [0.5, 0.6) is 11.5 Å². The van der Waals surface area contributed by atoms with Gasteiger partial charge in [-0.05, 0) is 48.7 Å². The van der Waals surface area contributed by atoms with Crippen LogP contribution in [0, 0.1) is 0 Å². The highest BCUT2D eigenvalue weighted by Crippen LogP contribution is 2.36. The molecule has 3 rings (SSSR count). The summed E-state index contributed by atoms with van der Waals surface area (Å²) >= 11 is 0. The summed E-state index contributed by atoms with van der Waals surface area (Å²) in [7, 11) is 3.10. The molecule has 1 aliphatic rings. The number of benzene rings is 2. The summed E-state index contributed by atoms with van der Waals surface area (Å²) in [4.78, 5) is 11.3. The fourth-order valence-electron chi connectivity index (χ4n) is 3.27. The van der Waals surface area contributed by atoms with Gasteiger partial charge in [0.05, 0.1) is 26.5 Å². The second-order valence-electron chi connectivity index (χ2n) is 7.33. The molecule has 0 aliphatic carbocycles. The van der Waals surface area contributed by atoms with Crippen LogP contribution in [0.15, 0.2) is 47.6 Å². The molecule has 0 atom stereocenters. The molecule has 33 heavy (non-hydrogen) atoms. The molecule has 0 fully saturated rings. The van der Waals surface area contributed by atoms with Crippen LogP contribution in [0.2, 0.25) is 0 Å². The number of rotatable bonds is 7. The summed E-state index contributed by atoms with van der Waals surface area (Å²) in [5, 5.41) is 8.10. The minimum absolute atomic E-state index is 0.166. The predicted octanol–water partition coefficient (Wildman–Crippen LogP) is 4.84. The molecule has 1 N–H and O–H groups in total. The summed E-state index contributed by atoms with van der Waals surface area (Å²) < 4.78 is 73.7. The maximum Gasteiger partial charge on any atom is 0.463 e. The molecule has 0 radical (unpaired) electrons. The van der Waals surface area contributed by atoms with Gasteiger partial charge in [0.1, 0.15) is 0 Å². The molecule has 1 amide bonds. The van der Waals surface area contributed by atoms with Crippen molar-refractivity contribution in [2.75, 3.05) is 26.1 Å². The molecule has 2 aromatic carbocycles. The lowest BCUT2D eigenvalue weighted by atomic mass is 10.0. The third-order valence-corrected chi connectivity index (χ3v) is 5.03. The van der Waals surface area contributed by atoms with Gasteiger partial charge in [0, 0.05) is 17.8 Å². The third kappa shape index (κ3) is 5.52. The van der Waals surface area contributed by atoms with Crippen molar-refractivity contribution in [3.05, 3.63) is 53.6 Å². The van der Waals surface area contributed by atoms with Gasteiger partial charge in [-0.1, -0.05) is 12.1 Å². The number of nitrogens with zero attached hydrogens (tertiary/aromatic N) is 2. The number of ether oxygens (including phenoxy) is 2. The Hall–Kier alpha value is -3.37. The van der Waals surface area contributed by atoms with Crippen molar-refractivity contribution in [2.24, 2.45) is 5.10 Å². The highest BCUT2D eigenvalue weighted by Gasteiger charge is 2.63. The number of carbonyl (C=O) groups is 1. The SMILES string of the molecule is COc1ccc(C2=NN(Cc3ccc(NC(=O)C(F)(F)C(F)(F)F)cc3)CCC2)cc1OC. The number of anilines is 1. The minimum atomic E-state index is -5.96. The van der Waals surface area contributed by atoms with Crippen molar-refractivity contribution >= 4 is 17.3 Å². The van der Waals surface area contributed by atoms with Gasteiger partial charge >= 0.3 is 18.0 Å². The van der Waals surface area contributed by atoms with E-state index in [1.54, 1.807) is 25.6 Å². The van der Waals surface area contributed by atoms with E-state index < -0.39 is 18.0 Å². The standard InChI is InChI=1S/C22H22F5N3O3/c1-32-18-10-7-15(12-19(18)33-2)17-4-3-11-30(29-17)13-14-5-8-16(9-6-14)28-20(31)21(23,24)22(25,26)27/h5-10,12H,3-4,11,13H2,1-2H3,(H,28,31). The number of halogens is 5. The van der Waals surface area contributed by atoms with E-state index in [0.29, 0.717) is 24.6 Å². The van der Waals surface area contributed by atoms with Crippen LogP contribution in [0.3, 0.4) is 0 Å². The zero-order valence-corrected chi connectivity index (χ0v) is 17.9. The van der Waals surface area contributed by atoms with Gasteiger partial charge in [-0.15, -0.1) is 0 Å². The number of hydrogen-bond acceptors (Lipinski definition) is 5. The molecule has 1 heterocycles. The van der Waals surface area contributed by atoms with Crippen LogP contribution >= 0.6 is 0 Å². The normalized spacial score (nSPS) is 14.5. The quantitative estimate of drug-likeness (QED) is 0.587. The van der Waals surface area contributed by atoms with E-state index in [1.807, 2.05) is 17.1 Å². The van der Waals surface area contributed by atoms with E-state index in [1.165, 1.54) is 24.3 Å². The van der Waals surface area contributed by atoms with Crippen LogP contribution in [0.4, 0.5) is 27.6 Å². The molecule has 6 nitrogen and oxygen atoms in total. The van der Waals surface area contributed by atoms with E-state index in [-0.39, 0.29) is 5.69 Å². The smallest absolute Gasteiger partial charge is 0.463 e. The zero-order chi connectivity index (χ0) is 24.2. The molecule has 2 aromatic rings. The molecule has 0 unspecified atom stereocenters. The average molecular weight is 471 g/mol. The van der Waals surface area contributed by atoms with Gasteiger partial charge in [0.25, 0.3) is 0 Å². The van der Waals surface area contributed by atoms with Crippen molar-refractivity contribution in [1.29, 1.82) is 0 Å². The van der Waals surface area contributed by atoms with Crippen molar-refractivity contribution in [3.8, 4) is 11.5 Å². The Morgan fingerprint density at radius 1 is 1.03 bits per heavy atom. The molecule has 0 aromatic heterocycles. The van der Waals surface area contributed by atoms with Gasteiger partial charge in [-0.25, -0.2) is 0 Å². The highest BCUT2D eigenvalue weighted by atomic mass is 19.4. The Morgan fingerprint density at radius 3 is 2.30 bits per heavy atom. The predicted molar refractivity (Wildman–Crippen MR) is 112 cm³/mol. The number of hydrogen-bond donors (Lipinski definition) is 1. The van der Waals surface area contributed by atoms with Gasteiger partial charge < -0.3 is 14.8 Å². The number of carbonyl (C=O) groups excluding carboxylic acids is 1. The van der Waals surface area contributed by atoms with Gasteiger partial charge in [-0.2, -0.15) is 27.1 Å². The van der Waals surface area contributed by atoms with Crippen LogP contribution in [-0.2, 0) is 11.3 Å². The van der Waals surface area contributed by atoms with Crippen molar-refractivity contribution in [3.63, 3.8) is 0 Å². The molecule has 0 spiro atoms. The lowest BCUT2D eigenvalue weighted by molar-refractivity contribution is -0.267. The first-order chi connectivity index (χ1) is 15.5. The van der Waals surface area contributed by atoms with Crippen LogP contribution in [0.1, 0.15) is 24.0 Å². The Labute approximate surface area is 187 Å². The van der Waals surface area contributed by atoms with Crippen molar-refractivity contribution < 1.29 is 36.2 Å². The van der Waals surface area contributed by atoms with Crippen LogP contribution in [-0.4, -0.2) is 49.5 Å². The largest absolute Gasteiger partial charge is 0.493 e. The van der Waals surface area contributed by atoms with Crippen LogP contribution in [0.25, 0.3) is 0 Å². The molecular weight excluding hydrogens is 449 g/mol. The third-order valence-electron chi connectivity index (χ3n) is 5.03. The molecule has 0 saturated heterocycles. The first kappa shape index (κ1) is 24.3. The molecule has 0 saturated carbocycles. The topological polar surface area (TPSA) is 63.2 Å². The van der Waals surface area contributed by atoms with Crippen molar-refractivity contribution in [1.82, 2.24) is 5.01 Å². The molecular formula is C22H22F5N3O3. The summed E-state index contributed by atoms with van der Waals surface area (Å²) in [6, 6.07) is 11.1. The zero-order valence-electron chi connectivity index (χ0n) is 17.9. The molecule has 0 bridgehead atoms. The average Bonchev–Trinajstić information content (AvgIpc) is 2.79. The molecule has 11 heteroatoms. The summed E-state index contributed by atoms with van der Waals surface area (Å²) in [5.74, 6) is -6.71. The molecule has 1 aliphatic heterocycles. The maximum absolute atomic E-state index is 13.1. The lowest BCUT2D eigenvalue weighted by Crippen LogP contribution is -2.47. The summed E-state index contributed by atoms with van der Waals surface area (Å²) in [6.07, 6.45) is -4.34. The Morgan fingerprint density at radius 2 is 1.70 bits per heavy atom. The first-order valence-corrected chi connectivity index (χ1v) is 9.95. The highest BCUT2D eigenvalue weighted by molar-refractivity contribution is 6.01.